The Morgan fingerprint density at radius 2 is 1.05 bits per heavy atom. The normalized spacial score (nSPS) is 11.6. The predicted molar refractivity (Wildman–Crippen MR) is 109 cm³/mol. The van der Waals surface area contributed by atoms with Crippen molar-refractivity contribution in [3.63, 3.8) is 0 Å². The van der Waals surface area contributed by atoms with Crippen molar-refractivity contribution in [3.05, 3.63) is 50.7 Å². The van der Waals surface area contributed by atoms with Gasteiger partial charge in [0.05, 0.1) is 9.79 Å². The molecule has 0 heterocycles. The highest BCUT2D eigenvalue weighted by molar-refractivity contribution is 14.1. The molecule has 19 heavy (non-hydrogen) atoms. The maximum absolute atomic E-state index is 12.8. The Hall–Kier alpha value is 1.31. The van der Waals surface area contributed by atoms with E-state index in [0.29, 0.717) is 9.79 Å². The van der Waals surface area contributed by atoms with Crippen molar-refractivity contribution in [2.24, 2.45) is 0 Å². The number of sulfone groups is 1. The fourth-order valence-corrected chi connectivity index (χ4v) is 6.77. The topological polar surface area (TPSA) is 34.1 Å². The van der Waals surface area contributed by atoms with Gasteiger partial charge in [0.2, 0.25) is 9.84 Å². The summed E-state index contributed by atoms with van der Waals surface area (Å²) in [6.45, 7) is 0. The SMILES string of the molecule is O=S(=O)(c1cccc(I)c1I)c1cccc(I)c1I. The first-order valence-corrected chi connectivity index (χ1v) is 10.8. The molecule has 0 radical (unpaired) electrons. The molecule has 0 N–H and O–H groups in total. The van der Waals surface area contributed by atoms with E-state index >= 15 is 0 Å². The summed E-state index contributed by atoms with van der Waals surface area (Å²) in [6, 6.07) is 10.7. The molecule has 0 unspecified atom stereocenters. The van der Waals surface area contributed by atoms with Crippen LogP contribution in [-0.2, 0) is 9.84 Å². The van der Waals surface area contributed by atoms with Crippen LogP contribution in [0.3, 0.4) is 0 Å². The molecule has 0 atom stereocenters. The molecular weight excluding hydrogens is 716 g/mol. The van der Waals surface area contributed by atoms with E-state index in [9.17, 15) is 8.42 Å². The lowest BCUT2D eigenvalue weighted by molar-refractivity contribution is 0.595. The second-order valence-electron chi connectivity index (χ2n) is 3.61. The molecule has 2 aromatic rings. The summed E-state index contributed by atoms with van der Waals surface area (Å²) in [5.74, 6) is 0. The molecule has 0 bridgehead atoms. The fraction of sp³-hybridized carbons (Fsp3) is 0. The largest absolute Gasteiger partial charge is 0.218 e. The summed E-state index contributed by atoms with van der Waals surface area (Å²) in [4.78, 5) is 0.750. The molecule has 0 amide bonds. The lowest BCUT2D eigenvalue weighted by Gasteiger charge is -2.10. The molecule has 0 fully saturated rings. The average molecular weight is 722 g/mol. The minimum atomic E-state index is -3.47. The number of halogens is 4. The predicted octanol–water partition coefficient (Wildman–Crippen LogP) is 4.94. The van der Waals surface area contributed by atoms with E-state index in [2.05, 4.69) is 90.4 Å². The molecule has 0 aliphatic carbocycles. The zero-order valence-corrected chi connectivity index (χ0v) is 18.6. The summed E-state index contributed by atoms with van der Waals surface area (Å²) in [5.41, 5.74) is 0. The van der Waals surface area contributed by atoms with E-state index in [-0.39, 0.29) is 0 Å². The summed E-state index contributed by atoms with van der Waals surface area (Å²) in [5, 5.41) is 0. The van der Waals surface area contributed by atoms with Crippen molar-refractivity contribution in [1.82, 2.24) is 0 Å². The van der Waals surface area contributed by atoms with Gasteiger partial charge in [-0.05, 0) is 115 Å². The lowest BCUT2D eigenvalue weighted by Crippen LogP contribution is -2.07. The third kappa shape index (κ3) is 3.39. The molecule has 7 heteroatoms. The highest BCUT2D eigenvalue weighted by atomic mass is 127. The summed E-state index contributed by atoms with van der Waals surface area (Å²) >= 11 is 8.47. The molecule has 0 saturated heterocycles. The van der Waals surface area contributed by atoms with Crippen LogP contribution < -0.4 is 0 Å². The third-order valence-electron chi connectivity index (χ3n) is 2.41. The lowest BCUT2D eigenvalue weighted by atomic mass is 10.4. The Morgan fingerprint density at radius 1 is 0.684 bits per heavy atom. The van der Waals surface area contributed by atoms with E-state index in [4.69, 9.17) is 0 Å². The van der Waals surface area contributed by atoms with Gasteiger partial charge in [-0.15, -0.1) is 0 Å². The smallest absolute Gasteiger partial charge is 0.208 e. The Morgan fingerprint density at radius 3 is 1.42 bits per heavy atom. The Labute approximate surface area is 166 Å². The zero-order chi connectivity index (χ0) is 14.2. The molecule has 0 saturated carbocycles. The summed E-state index contributed by atoms with van der Waals surface area (Å²) in [7, 11) is -3.47. The first-order chi connectivity index (χ1) is 8.85. The Kier molecular flexibility index (Phi) is 5.80. The van der Waals surface area contributed by atoms with Gasteiger partial charge in [-0.1, -0.05) is 12.1 Å². The van der Waals surface area contributed by atoms with Gasteiger partial charge in [0.15, 0.2) is 0 Å². The van der Waals surface area contributed by atoms with Gasteiger partial charge in [0.25, 0.3) is 0 Å². The van der Waals surface area contributed by atoms with Crippen molar-refractivity contribution < 1.29 is 8.42 Å². The van der Waals surface area contributed by atoms with Crippen molar-refractivity contribution in [3.8, 4) is 0 Å². The second kappa shape index (κ2) is 6.60. The Bertz CT molecular complexity index is 684. The van der Waals surface area contributed by atoms with Gasteiger partial charge >= 0.3 is 0 Å². The molecule has 0 spiro atoms. The van der Waals surface area contributed by atoms with Crippen LogP contribution in [0.2, 0.25) is 0 Å². The molecular formula is C12H6I4O2S. The standard InChI is InChI=1S/C12H6I4O2S/c13-7-3-1-5-9(11(7)15)19(17,18)10-6-2-4-8(14)12(10)16/h1-6H. The van der Waals surface area contributed by atoms with Gasteiger partial charge in [-0.2, -0.15) is 0 Å². The van der Waals surface area contributed by atoms with Gasteiger partial charge in [0.1, 0.15) is 0 Å². The van der Waals surface area contributed by atoms with E-state index in [1.807, 2.05) is 12.1 Å². The van der Waals surface area contributed by atoms with Crippen LogP contribution >= 0.6 is 90.4 Å². The van der Waals surface area contributed by atoms with Crippen LogP contribution in [0.25, 0.3) is 0 Å². The second-order valence-corrected chi connectivity index (χ2v) is 9.98. The van der Waals surface area contributed by atoms with E-state index in [1.54, 1.807) is 24.3 Å². The molecule has 2 aromatic carbocycles. The first-order valence-electron chi connectivity index (χ1n) is 4.99. The van der Waals surface area contributed by atoms with Gasteiger partial charge < -0.3 is 0 Å². The maximum atomic E-state index is 12.8. The van der Waals surface area contributed by atoms with Crippen molar-refractivity contribution in [2.45, 2.75) is 9.79 Å². The van der Waals surface area contributed by atoms with Gasteiger partial charge in [-0.3, -0.25) is 0 Å². The highest BCUT2D eigenvalue weighted by Gasteiger charge is 2.24. The first kappa shape index (κ1) is 16.7. The van der Waals surface area contributed by atoms with E-state index in [1.165, 1.54) is 0 Å². The van der Waals surface area contributed by atoms with Crippen LogP contribution in [0.15, 0.2) is 46.2 Å². The van der Waals surface area contributed by atoms with Crippen LogP contribution in [0.4, 0.5) is 0 Å². The zero-order valence-electron chi connectivity index (χ0n) is 9.20. The van der Waals surface area contributed by atoms with E-state index in [0.717, 1.165) is 14.3 Å². The number of hydrogen-bond donors (Lipinski definition) is 0. The van der Waals surface area contributed by atoms with Gasteiger partial charge in [-0.25, -0.2) is 8.42 Å². The Balaban J connectivity index is 2.73. The molecule has 2 rings (SSSR count). The van der Waals surface area contributed by atoms with Crippen molar-refractivity contribution in [1.29, 1.82) is 0 Å². The number of hydrogen-bond acceptors (Lipinski definition) is 2. The minimum Gasteiger partial charge on any atom is -0.218 e. The third-order valence-corrected chi connectivity index (χ3v) is 11.2. The average Bonchev–Trinajstić information content (AvgIpc) is 2.35. The van der Waals surface area contributed by atoms with Crippen LogP contribution in [0.5, 0.6) is 0 Å². The number of rotatable bonds is 2. The quantitative estimate of drug-likeness (QED) is 0.413. The van der Waals surface area contributed by atoms with Crippen LogP contribution in [0.1, 0.15) is 0 Å². The highest BCUT2D eigenvalue weighted by Crippen LogP contribution is 2.32. The van der Waals surface area contributed by atoms with Crippen LogP contribution in [-0.4, -0.2) is 8.42 Å². The van der Waals surface area contributed by atoms with Crippen molar-refractivity contribution >= 4 is 100 Å². The molecule has 0 aromatic heterocycles. The summed E-state index contributed by atoms with van der Waals surface area (Å²) in [6.07, 6.45) is 0. The molecule has 0 aliphatic heterocycles. The van der Waals surface area contributed by atoms with Crippen molar-refractivity contribution in [2.75, 3.05) is 0 Å². The fourth-order valence-electron chi connectivity index (χ4n) is 1.50. The number of benzene rings is 2. The summed E-state index contributed by atoms with van der Waals surface area (Å²) < 4.78 is 29.0. The minimum absolute atomic E-state index is 0.375. The maximum Gasteiger partial charge on any atom is 0.208 e. The van der Waals surface area contributed by atoms with Crippen LogP contribution in [0, 0.1) is 14.3 Å². The van der Waals surface area contributed by atoms with Gasteiger partial charge in [0, 0.05) is 14.3 Å². The monoisotopic (exact) mass is 722 g/mol. The molecule has 0 aliphatic rings. The van der Waals surface area contributed by atoms with E-state index < -0.39 is 9.84 Å². The molecule has 100 valence electrons. The molecule has 2 nitrogen and oxygen atoms in total.